The Morgan fingerprint density at radius 2 is 1.50 bits per heavy atom. The summed E-state index contributed by atoms with van der Waals surface area (Å²) in [6.45, 7) is 4.45. The van der Waals surface area contributed by atoms with Gasteiger partial charge >= 0.3 is 0 Å². The van der Waals surface area contributed by atoms with Gasteiger partial charge in [-0.1, -0.05) is 60.7 Å². The van der Waals surface area contributed by atoms with Crippen LogP contribution >= 0.6 is 0 Å². The van der Waals surface area contributed by atoms with Crippen molar-refractivity contribution in [3.8, 4) is 5.75 Å². The van der Waals surface area contributed by atoms with Crippen molar-refractivity contribution in [2.24, 2.45) is 0 Å². The van der Waals surface area contributed by atoms with Crippen molar-refractivity contribution < 1.29 is 23.5 Å². The van der Waals surface area contributed by atoms with E-state index in [1.54, 1.807) is 34.1 Å². The van der Waals surface area contributed by atoms with E-state index in [0.29, 0.717) is 51.6 Å². The van der Waals surface area contributed by atoms with Crippen molar-refractivity contribution in [1.29, 1.82) is 0 Å². The molecule has 0 unspecified atom stereocenters. The molecule has 0 N–H and O–H groups in total. The smallest absolute Gasteiger partial charge is 0.260 e. The molecule has 0 aliphatic rings. The zero-order valence-electron chi connectivity index (χ0n) is 24.0. The summed E-state index contributed by atoms with van der Waals surface area (Å²) in [6.07, 6.45) is 2.56. The molecule has 42 heavy (non-hydrogen) atoms. The topological polar surface area (TPSA) is 64.0 Å². The zero-order valence-corrected chi connectivity index (χ0v) is 24.0. The summed E-state index contributed by atoms with van der Waals surface area (Å²) in [6, 6.07) is 29.3. The van der Waals surface area contributed by atoms with Crippen molar-refractivity contribution in [1.82, 2.24) is 14.4 Å². The fourth-order valence-electron chi connectivity index (χ4n) is 4.58. The number of ether oxygens (including phenoxy) is 2. The maximum Gasteiger partial charge on any atom is 0.260 e. The predicted octanol–water partition coefficient (Wildman–Crippen LogP) is 5.54. The SMILES string of the molecule is CCOCCCN(CC(=O)N(Cc1ccccc1)Cc1cccn1Cc1ccc(F)cc1)C(=O)COc1ccccc1. The number of aromatic nitrogens is 1. The first kappa shape index (κ1) is 30.5. The molecule has 0 aliphatic carbocycles. The molecular weight excluding hydrogens is 533 g/mol. The molecule has 2 amide bonds. The van der Waals surface area contributed by atoms with Crippen molar-refractivity contribution in [2.75, 3.05) is 32.9 Å². The third-order valence-corrected chi connectivity index (χ3v) is 6.82. The van der Waals surface area contributed by atoms with E-state index in [4.69, 9.17) is 9.47 Å². The van der Waals surface area contributed by atoms with Gasteiger partial charge in [-0.05, 0) is 60.9 Å². The summed E-state index contributed by atoms with van der Waals surface area (Å²) >= 11 is 0. The molecule has 7 nitrogen and oxygen atoms in total. The van der Waals surface area contributed by atoms with E-state index >= 15 is 0 Å². The molecule has 0 aliphatic heterocycles. The molecule has 4 rings (SSSR count). The van der Waals surface area contributed by atoms with Gasteiger partial charge in [-0.3, -0.25) is 9.59 Å². The van der Waals surface area contributed by atoms with Crippen LogP contribution in [0.15, 0.2) is 103 Å². The maximum atomic E-state index is 13.9. The molecule has 8 heteroatoms. The summed E-state index contributed by atoms with van der Waals surface area (Å²) in [7, 11) is 0. The Morgan fingerprint density at radius 3 is 2.21 bits per heavy atom. The summed E-state index contributed by atoms with van der Waals surface area (Å²) in [5.74, 6) is -0.111. The monoisotopic (exact) mass is 571 g/mol. The van der Waals surface area contributed by atoms with Gasteiger partial charge in [0.25, 0.3) is 5.91 Å². The summed E-state index contributed by atoms with van der Waals surface area (Å²) in [5.41, 5.74) is 2.88. The van der Waals surface area contributed by atoms with E-state index in [-0.39, 0.29) is 30.8 Å². The number of benzene rings is 3. The molecule has 0 spiro atoms. The standard InChI is InChI=1S/C34H38FN3O4/c1-2-41-22-10-21-37(34(40)27-42-32-14-7-4-8-15-32)26-33(39)38(24-28-11-5-3-6-12-28)25-31-13-9-20-36(31)23-29-16-18-30(35)19-17-29/h3-9,11-20H,2,10,21-27H2,1H3. The molecule has 0 saturated carbocycles. The van der Waals surface area contributed by atoms with Gasteiger partial charge in [-0.25, -0.2) is 4.39 Å². The van der Waals surface area contributed by atoms with Crippen LogP contribution in [0.25, 0.3) is 0 Å². The highest BCUT2D eigenvalue weighted by Gasteiger charge is 2.23. The maximum absolute atomic E-state index is 13.9. The first-order chi connectivity index (χ1) is 20.5. The molecule has 0 fully saturated rings. The average Bonchev–Trinajstić information content (AvgIpc) is 3.45. The molecule has 3 aromatic carbocycles. The molecule has 0 radical (unpaired) electrons. The molecule has 0 bridgehead atoms. The minimum atomic E-state index is -0.277. The average molecular weight is 572 g/mol. The van der Waals surface area contributed by atoms with Crippen LogP contribution in [0.5, 0.6) is 5.75 Å². The molecule has 4 aromatic rings. The first-order valence-electron chi connectivity index (χ1n) is 14.3. The number of nitrogens with zero attached hydrogens (tertiary/aromatic N) is 3. The van der Waals surface area contributed by atoms with Crippen LogP contribution in [0, 0.1) is 5.82 Å². The minimum absolute atomic E-state index is 0.0748. The highest BCUT2D eigenvalue weighted by molar-refractivity contribution is 5.85. The van der Waals surface area contributed by atoms with Gasteiger partial charge in [-0.15, -0.1) is 0 Å². The Bertz CT molecular complexity index is 1380. The van der Waals surface area contributed by atoms with Gasteiger partial charge in [-0.2, -0.15) is 0 Å². The Kier molecular flexibility index (Phi) is 11.7. The van der Waals surface area contributed by atoms with Crippen molar-refractivity contribution >= 4 is 11.8 Å². The number of halogens is 1. The van der Waals surface area contributed by atoms with E-state index in [2.05, 4.69) is 4.57 Å². The van der Waals surface area contributed by atoms with Gasteiger partial charge in [0.2, 0.25) is 5.91 Å². The zero-order chi connectivity index (χ0) is 29.6. The highest BCUT2D eigenvalue weighted by Crippen LogP contribution is 2.15. The Hall–Kier alpha value is -4.43. The number of hydrogen-bond donors (Lipinski definition) is 0. The van der Waals surface area contributed by atoms with Crippen molar-refractivity contribution in [2.45, 2.75) is 33.0 Å². The molecule has 0 atom stereocenters. The van der Waals surface area contributed by atoms with E-state index in [1.807, 2.05) is 73.8 Å². The second-order valence-corrected chi connectivity index (χ2v) is 9.96. The van der Waals surface area contributed by atoms with Crippen LogP contribution in [0.1, 0.15) is 30.2 Å². The Labute approximate surface area is 247 Å². The van der Waals surface area contributed by atoms with Gasteiger partial charge < -0.3 is 23.8 Å². The van der Waals surface area contributed by atoms with Crippen LogP contribution in [-0.2, 0) is 34.0 Å². The van der Waals surface area contributed by atoms with Crippen LogP contribution in [-0.4, -0.2) is 59.1 Å². The number of carbonyl (C=O) groups is 2. The predicted molar refractivity (Wildman–Crippen MR) is 160 cm³/mol. The Morgan fingerprint density at radius 1 is 0.786 bits per heavy atom. The van der Waals surface area contributed by atoms with Gasteiger partial charge in [0, 0.05) is 44.7 Å². The third kappa shape index (κ3) is 9.59. The lowest BCUT2D eigenvalue weighted by Crippen LogP contribution is -2.44. The second-order valence-electron chi connectivity index (χ2n) is 9.96. The second kappa shape index (κ2) is 16.1. The Balaban J connectivity index is 1.49. The lowest BCUT2D eigenvalue weighted by atomic mass is 10.2. The van der Waals surface area contributed by atoms with Crippen molar-refractivity contribution in [3.63, 3.8) is 0 Å². The van der Waals surface area contributed by atoms with Crippen LogP contribution < -0.4 is 4.74 Å². The number of hydrogen-bond acceptors (Lipinski definition) is 4. The lowest BCUT2D eigenvalue weighted by molar-refractivity contribution is -0.142. The van der Waals surface area contributed by atoms with Gasteiger partial charge in [0.05, 0.1) is 13.1 Å². The van der Waals surface area contributed by atoms with E-state index in [9.17, 15) is 14.0 Å². The minimum Gasteiger partial charge on any atom is -0.484 e. The largest absolute Gasteiger partial charge is 0.484 e. The van der Waals surface area contributed by atoms with E-state index < -0.39 is 0 Å². The number of carbonyl (C=O) groups excluding carboxylic acids is 2. The lowest BCUT2D eigenvalue weighted by Gasteiger charge is -2.28. The molecule has 0 saturated heterocycles. The summed E-state index contributed by atoms with van der Waals surface area (Å²) < 4.78 is 26.7. The molecule has 1 heterocycles. The number of para-hydroxylation sites is 1. The third-order valence-electron chi connectivity index (χ3n) is 6.82. The van der Waals surface area contributed by atoms with E-state index in [1.165, 1.54) is 12.1 Å². The van der Waals surface area contributed by atoms with Crippen LogP contribution in [0.3, 0.4) is 0 Å². The van der Waals surface area contributed by atoms with Crippen LogP contribution in [0.4, 0.5) is 4.39 Å². The summed E-state index contributed by atoms with van der Waals surface area (Å²) in [4.78, 5) is 30.4. The number of amides is 2. The number of rotatable bonds is 16. The fraction of sp³-hybridized carbons (Fsp3) is 0.294. The van der Waals surface area contributed by atoms with Crippen LogP contribution in [0.2, 0.25) is 0 Å². The van der Waals surface area contributed by atoms with Gasteiger partial charge in [0.15, 0.2) is 6.61 Å². The molecule has 220 valence electrons. The quantitative estimate of drug-likeness (QED) is 0.166. The first-order valence-corrected chi connectivity index (χ1v) is 14.3. The highest BCUT2D eigenvalue weighted by atomic mass is 19.1. The van der Waals surface area contributed by atoms with Gasteiger partial charge in [0.1, 0.15) is 11.6 Å². The van der Waals surface area contributed by atoms with E-state index in [0.717, 1.165) is 16.8 Å². The normalized spacial score (nSPS) is 10.8. The molecular formula is C34H38FN3O4. The molecule has 1 aromatic heterocycles. The fourth-order valence-corrected chi connectivity index (χ4v) is 4.58. The summed E-state index contributed by atoms with van der Waals surface area (Å²) in [5, 5.41) is 0. The van der Waals surface area contributed by atoms with Crippen molar-refractivity contribution in [3.05, 3.63) is 126 Å².